The van der Waals surface area contributed by atoms with Crippen LogP contribution >= 0.6 is 0 Å². The number of rotatable bonds is 10. The number of carbonyl (C=O) groups is 2. The highest BCUT2D eigenvalue weighted by atomic mass is 19.1. The van der Waals surface area contributed by atoms with Crippen molar-refractivity contribution >= 4 is 29.2 Å². The topological polar surface area (TPSA) is 117 Å². The molecule has 1 atom stereocenters. The van der Waals surface area contributed by atoms with E-state index in [0.29, 0.717) is 56.4 Å². The van der Waals surface area contributed by atoms with Crippen molar-refractivity contribution < 1.29 is 33.0 Å². The fourth-order valence-corrected chi connectivity index (χ4v) is 5.61. The van der Waals surface area contributed by atoms with Gasteiger partial charge < -0.3 is 29.7 Å². The van der Waals surface area contributed by atoms with Gasteiger partial charge in [0.05, 0.1) is 25.5 Å². The average Bonchev–Trinajstić information content (AvgIpc) is 2.99. The van der Waals surface area contributed by atoms with Crippen molar-refractivity contribution in [3.05, 3.63) is 66.0 Å². The summed E-state index contributed by atoms with van der Waals surface area (Å²) >= 11 is 0. The van der Waals surface area contributed by atoms with Crippen molar-refractivity contribution in [1.82, 2.24) is 9.97 Å². The molecule has 2 N–H and O–H groups in total. The van der Waals surface area contributed by atoms with Crippen LogP contribution in [0.15, 0.2) is 48.8 Å². The van der Waals surface area contributed by atoms with Crippen LogP contribution in [-0.4, -0.2) is 65.8 Å². The highest BCUT2D eigenvalue weighted by Crippen LogP contribution is 2.32. The Balaban J connectivity index is 1.22. The van der Waals surface area contributed by atoms with Crippen molar-refractivity contribution in [3.8, 4) is 11.5 Å². The average molecular weight is 596 g/mol. The van der Waals surface area contributed by atoms with Crippen LogP contribution in [-0.2, 0) is 4.79 Å². The van der Waals surface area contributed by atoms with Crippen LogP contribution in [0, 0.1) is 17.6 Å². The number of hydrogen-bond donors (Lipinski definition) is 2. The maximum atomic E-state index is 15.1. The lowest BCUT2D eigenvalue weighted by molar-refractivity contribution is -0.138. The third kappa shape index (κ3) is 7.49. The first kappa shape index (κ1) is 30.0. The third-order valence-corrected chi connectivity index (χ3v) is 7.68. The number of nitrogens with zero attached hydrogens (tertiary/aromatic N) is 4. The number of benzene rings is 2. The molecule has 228 valence electrons. The molecule has 12 heteroatoms. The Kier molecular flexibility index (Phi) is 9.53. The molecule has 2 fully saturated rings. The van der Waals surface area contributed by atoms with Gasteiger partial charge in [0.2, 0.25) is 0 Å². The molecule has 3 aromatic rings. The summed E-state index contributed by atoms with van der Waals surface area (Å²) in [6.45, 7) is 4.40. The molecule has 1 amide bonds. The van der Waals surface area contributed by atoms with Crippen LogP contribution in [0.2, 0.25) is 0 Å². The summed E-state index contributed by atoms with van der Waals surface area (Å²) < 4.78 is 42.1. The lowest BCUT2D eigenvalue weighted by Crippen LogP contribution is -2.41. The Morgan fingerprint density at radius 1 is 1.02 bits per heavy atom. The molecule has 1 aromatic heterocycles. The highest BCUT2D eigenvalue weighted by Gasteiger charge is 2.27. The third-order valence-electron chi connectivity index (χ3n) is 7.68. The largest absolute Gasteiger partial charge is 0.490 e. The van der Waals surface area contributed by atoms with Crippen molar-refractivity contribution in [2.24, 2.45) is 5.92 Å². The van der Waals surface area contributed by atoms with Gasteiger partial charge in [0.15, 0.2) is 17.3 Å². The second-order valence-electron chi connectivity index (χ2n) is 10.7. The molecule has 0 saturated carbocycles. The van der Waals surface area contributed by atoms with E-state index in [4.69, 9.17) is 14.6 Å². The predicted molar refractivity (Wildman–Crippen MR) is 157 cm³/mol. The van der Waals surface area contributed by atoms with Gasteiger partial charge in [-0.15, -0.1) is 0 Å². The standard InChI is InChI=1S/C31H35F2N5O5/c1-2-42-25-7-3-4-8-26(25)43-22-6-5-11-38(19-22)28-18-34-17-27(35-28)36-31(41)21-15-23(32)30(24(33)16-21)37-12-9-20(10-13-37)14-29(39)40/h3-4,7-8,15-18,20,22H,2,5-6,9-14,19H2,1H3,(H,39,40)(H,35,36,41)/t22-/m1/s1. The van der Waals surface area contributed by atoms with Crippen LogP contribution in [0.25, 0.3) is 0 Å². The second kappa shape index (κ2) is 13.7. The Bertz CT molecular complexity index is 1430. The number of aromatic nitrogens is 2. The molecule has 0 aliphatic carbocycles. The van der Waals surface area contributed by atoms with Crippen LogP contribution in [0.4, 0.5) is 26.1 Å². The monoisotopic (exact) mass is 595 g/mol. The number of hydrogen-bond acceptors (Lipinski definition) is 8. The molecule has 3 heterocycles. The van der Waals surface area contributed by atoms with Gasteiger partial charge in [-0.25, -0.2) is 13.8 Å². The Morgan fingerprint density at radius 3 is 2.44 bits per heavy atom. The van der Waals surface area contributed by atoms with Gasteiger partial charge in [0.1, 0.15) is 29.2 Å². The van der Waals surface area contributed by atoms with Crippen molar-refractivity contribution in [2.45, 2.75) is 45.1 Å². The predicted octanol–water partition coefficient (Wildman–Crippen LogP) is 5.14. The molecular weight excluding hydrogens is 560 g/mol. The smallest absolute Gasteiger partial charge is 0.303 e. The normalized spacial score (nSPS) is 17.4. The summed E-state index contributed by atoms with van der Waals surface area (Å²) in [5.74, 6) is -1.27. The van der Waals surface area contributed by atoms with E-state index in [2.05, 4.69) is 15.3 Å². The summed E-state index contributed by atoms with van der Waals surface area (Å²) in [4.78, 5) is 36.3. The molecular formula is C31H35F2N5O5. The fraction of sp³-hybridized carbons (Fsp3) is 0.419. The van der Waals surface area contributed by atoms with Crippen LogP contribution in [0.5, 0.6) is 11.5 Å². The number of para-hydroxylation sites is 2. The molecule has 2 saturated heterocycles. The number of anilines is 3. The lowest BCUT2D eigenvalue weighted by Gasteiger charge is -2.33. The van der Waals surface area contributed by atoms with Crippen molar-refractivity contribution in [3.63, 3.8) is 0 Å². The van der Waals surface area contributed by atoms with Crippen molar-refractivity contribution in [1.29, 1.82) is 0 Å². The molecule has 2 aliphatic heterocycles. The highest BCUT2D eigenvalue weighted by molar-refractivity contribution is 6.04. The van der Waals surface area contributed by atoms with E-state index >= 15 is 8.78 Å². The summed E-state index contributed by atoms with van der Waals surface area (Å²) in [6.07, 6.45) is 5.66. The molecule has 2 aromatic carbocycles. The number of carboxylic acids is 1. The minimum Gasteiger partial charge on any atom is -0.490 e. The van der Waals surface area contributed by atoms with Gasteiger partial charge in [0.25, 0.3) is 5.91 Å². The summed E-state index contributed by atoms with van der Waals surface area (Å²) in [7, 11) is 0. The SMILES string of the molecule is CCOc1ccccc1O[C@@H]1CCCN(c2cncc(NC(=O)c3cc(F)c(N4CCC(CC(=O)O)CC4)c(F)c3)n2)C1. The number of piperidine rings is 2. The van der Waals surface area contributed by atoms with Crippen LogP contribution < -0.4 is 24.6 Å². The van der Waals surface area contributed by atoms with E-state index in [1.807, 2.05) is 36.1 Å². The van der Waals surface area contributed by atoms with Crippen molar-refractivity contribution in [2.75, 3.05) is 47.9 Å². The van der Waals surface area contributed by atoms with Gasteiger partial charge in [0, 0.05) is 31.6 Å². The Morgan fingerprint density at radius 2 is 1.74 bits per heavy atom. The summed E-state index contributed by atoms with van der Waals surface area (Å²) in [6, 6.07) is 9.54. The maximum absolute atomic E-state index is 15.1. The molecule has 0 unspecified atom stereocenters. The van der Waals surface area contributed by atoms with Crippen LogP contribution in [0.1, 0.15) is 49.4 Å². The van der Waals surface area contributed by atoms with Gasteiger partial charge in [-0.2, -0.15) is 0 Å². The summed E-state index contributed by atoms with van der Waals surface area (Å²) in [5.41, 5.74) is -0.399. The molecule has 10 nitrogen and oxygen atoms in total. The number of aliphatic carboxylic acids is 1. The number of amides is 1. The minimum atomic E-state index is -0.880. The molecule has 2 aliphatic rings. The number of ether oxygens (including phenoxy) is 2. The number of carbonyl (C=O) groups excluding carboxylic acids is 1. The lowest BCUT2D eigenvalue weighted by atomic mass is 9.93. The number of nitrogens with one attached hydrogen (secondary N) is 1. The van der Waals surface area contributed by atoms with Gasteiger partial charge in [-0.3, -0.25) is 14.6 Å². The first-order valence-electron chi connectivity index (χ1n) is 14.5. The van der Waals surface area contributed by atoms with Gasteiger partial charge >= 0.3 is 5.97 Å². The van der Waals surface area contributed by atoms with E-state index in [1.54, 1.807) is 11.1 Å². The zero-order valence-electron chi connectivity index (χ0n) is 24.0. The van der Waals surface area contributed by atoms with Crippen LogP contribution in [0.3, 0.4) is 0 Å². The van der Waals surface area contributed by atoms with E-state index in [9.17, 15) is 9.59 Å². The first-order valence-corrected chi connectivity index (χ1v) is 14.5. The quantitative estimate of drug-likeness (QED) is 0.328. The van der Waals surface area contributed by atoms with E-state index < -0.39 is 23.5 Å². The van der Waals surface area contributed by atoms with E-state index in [0.717, 1.165) is 31.5 Å². The fourth-order valence-electron chi connectivity index (χ4n) is 5.61. The molecule has 0 radical (unpaired) electrons. The number of halogens is 2. The molecule has 5 rings (SSSR count). The number of carboxylic acid groups (broad SMARTS) is 1. The second-order valence-corrected chi connectivity index (χ2v) is 10.7. The minimum absolute atomic E-state index is 0.0257. The Hall–Kier alpha value is -4.48. The maximum Gasteiger partial charge on any atom is 0.303 e. The summed E-state index contributed by atoms with van der Waals surface area (Å²) in [5, 5.41) is 11.6. The molecule has 0 spiro atoms. The molecule has 43 heavy (non-hydrogen) atoms. The van der Waals surface area contributed by atoms with Gasteiger partial charge in [-0.05, 0) is 62.8 Å². The molecule has 0 bridgehead atoms. The Labute approximate surface area is 248 Å². The zero-order valence-corrected chi connectivity index (χ0v) is 24.0. The first-order chi connectivity index (χ1) is 20.8. The van der Waals surface area contributed by atoms with E-state index in [-0.39, 0.29) is 35.5 Å². The van der Waals surface area contributed by atoms with E-state index in [1.165, 1.54) is 6.20 Å². The van der Waals surface area contributed by atoms with Gasteiger partial charge in [-0.1, -0.05) is 12.1 Å². The zero-order chi connectivity index (χ0) is 30.3.